The van der Waals surface area contributed by atoms with Gasteiger partial charge < -0.3 is 0 Å². The van der Waals surface area contributed by atoms with Crippen LogP contribution < -0.4 is 0 Å². The van der Waals surface area contributed by atoms with Gasteiger partial charge in [0.05, 0.1) is 0 Å². The fourth-order valence-corrected chi connectivity index (χ4v) is 4.86. The van der Waals surface area contributed by atoms with Crippen molar-refractivity contribution >= 4 is 26.0 Å². The van der Waals surface area contributed by atoms with Gasteiger partial charge in [0.1, 0.15) is 4.90 Å². The molecule has 0 saturated heterocycles. The fourth-order valence-electron chi connectivity index (χ4n) is 2.66. The largest absolute Gasteiger partial charge is 0.262 e. The van der Waals surface area contributed by atoms with Crippen LogP contribution >= 0.6 is 15.9 Å². The minimum atomic E-state index is -3.43. The molecule has 1 aliphatic carbocycles. The first-order valence-electron chi connectivity index (χ1n) is 6.68. The van der Waals surface area contributed by atoms with Crippen molar-refractivity contribution in [3.63, 3.8) is 0 Å². The molecule has 1 aliphatic rings. The molecule has 0 aromatic carbocycles. The van der Waals surface area contributed by atoms with Crippen molar-refractivity contribution < 1.29 is 8.42 Å². The second kappa shape index (κ2) is 6.33. The van der Waals surface area contributed by atoms with E-state index < -0.39 is 10.0 Å². The Morgan fingerprint density at radius 1 is 1.32 bits per heavy atom. The number of nitrogens with zero attached hydrogens (tertiary/aromatic N) is 2. The molecule has 0 spiro atoms. The standard InChI is InChI=1S/C13H19BrN2O2S/c1-2-16(12-6-4-3-5-7-12)19(17,18)13-8-11(14)9-15-10-13/h8-10,12H,2-7H2,1H3. The number of hydrogen-bond acceptors (Lipinski definition) is 3. The predicted molar refractivity (Wildman–Crippen MR) is 78.4 cm³/mol. The van der Waals surface area contributed by atoms with Crippen molar-refractivity contribution in [2.45, 2.75) is 50.0 Å². The normalized spacial score (nSPS) is 17.8. The number of hydrogen-bond donors (Lipinski definition) is 0. The molecule has 0 unspecified atom stereocenters. The van der Waals surface area contributed by atoms with Crippen molar-refractivity contribution in [1.82, 2.24) is 9.29 Å². The molecule has 0 aliphatic heterocycles. The van der Waals surface area contributed by atoms with E-state index in [0.29, 0.717) is 11.0 Å². The van der Waals surface area contributed by atoms with Crippen LogP contribution in [-0.4, -0.2) is 30.3 Å². The third-order valence-corrected chi connectivity index (χ3v) is 6.01. The molecular weight excluding hydrogens is 328 g/mol. The van der Waals surface area contributed by atoms with E-state index >= 15 is 0 Å². The zero-order valence-corrected chi connectivity index (χ0v) is 13.5. The minimum absolute atomic E-state index is 0.141. The number of sulfonamides is 1. The maximum Gasteiger partial charge on any atom is 0.244 e. The number of halogens is 1. The third-order valence-electron chi connectivity index (χ3n) is 3.58. The third kappa shape index (κ3) is 3.35. The topological polar surface area (TPSA) is 50.3 Å². The van der Waals surface area contributed by atoms with Gasteiger partial charge in [-0.25, -0.2) is 8.42 Å². The van der Waals surface area contributed by atoms with E-state index in [9.17, 15) is 8.42 Å². The lowest BCUT2D eigenvalue weighted by Crippen LogP contribution is -2.41. The number of pyridine rings is 1. The highest BCUT2D eigenvalue weighted by Crippen LogP contribution is 2.28. The molecule has 19 heavy (non-hydrogen) atoms. The van der Waals surface area contributed by atoms with Gasteiger partial charge in [-0.15, -0.1) is 0 Å². The van der Waals surface area contributed by atoms with Crippen LogP contribution in [0.15, 0.2) is 27.8 Å². The molecule has 106 valence electrons. The molecule has 1 heterocycles. The summed E-state index contributed by atoms with van der Waals surface area (Å²) in [5.41, 5.74) is 0. The summed E-state index contributed by atoms with van der Waals surface area (Å²) in [6.45, 7) is 2.41. The number of rotatable bonds is 4. The maximum absolute atomic E-state index is 12.7. The highest BCUT2D eigenvalue weighted by Gasteiger charge is 2.31. The van der Waals surface area contributed by atoms with Gasteiger partial charge in [0, 0.05) is 29.5 Å². The molecule has 0 bridgehead atoms. The van der Waals surface area contributed by atoms with Crippen LogP contribution in [0, 0.1) is 0 Å². The van der Waals surface area contributed by atoms with Gasteiger partial charge in [-0.3, -0.25) is 4.98 Å². The summed E-state index contributed by atoms with van der Waals surface area (Å²) in [4.78, 5) is 4.23. The second-order valence-electron chi connectivity index (χ2n) is 4.84. The number of aromatic nitrogens is 1. The zero-order valence-electron chi connectivity index (χ0n) is 11.0. The Balaban J connectivity index is 2.30. The summed E-state index contributed by atoms with van der Waals surface area (Å²) in [7, 11) is -3.43. The van der Waals surface area contributed by atoms with Crippen LogP contribution in [0.2, 0.25) is 0 Å². The molecule has 0 atom stereocenters. The summed E-state index contributed by atoms with van der Waals surface area (Å²) in [6.07, 6.45) is 8.40. The quantitative estimate of drug-likeness (QED) is 0.841. The molecule has 4 nitrogen and oxygen atoms in total. The molecule has 0 N–H and O–H groups in total. The van der Waals surface area contributed by atoms with E-state index in [1.807, 2.05) is 6.92 Å². The van der Waals surface area contributed by atoms with Crippen LogP contribution in [0.1, 0.15) is 39.0 Å². The molecule has 0 amide bonds. The highest BCUT2D eigenvalue weighted by molar-refractivity contribution is 9.10. The molecule has 1 saturated carbocycles. The second-order valence-corrected chi connectivity index (χ2v) is 7.65. The zero-order chi connectivity index (χ0) is 13.9. The Labute approximate surface area is 123 Å². The van der Waals surface area contributed by atoms with Gasteiger partial charge in [0.2, 0.25) is 10.0 Å². The first kappa shape index (κ1) is 14.9. The summed E-state index contributed by atoms with van der Waals surface area (Å²) in [6, 6.07) is 1.76. The summed E-state index contributed by atoms with van der Waals surface area (Å²) in [5, 5.41) is 0. The Bertz CT molecular complexity index is 527. The van der Waals surface area contributed by atoms with Crippen LogP contribution in [0.25, 0.3) is 0 Å². The first-order chi connectivity index (χ1) is 9.05. The minimum Gasteiger partial charge on any atom is -0.262 e. The van der Waals surface area contributed by atoms with Crippen LogP contribution in [0.5, 0.6) is 0 Å². The molecule has 1 aromatic heterocycles. The Kier molecular flexibility index (Phi) is 4.97. The van der Waals surface area contributed by atoms with E-state index in [0.717, 1.165) is 25.7 Å². The smallest absolute Gasteiger partial charge is 0.244 e. The molecule has 0 radical (unpaired) electrons. The van der Waals surface area contributed by atoms with Gasteiger partial charge in [0.25, 0.3) is 0 Å². The molecule has 1 fully saturated rings. The Hall–Kier alpha value is -0.460. The molecular formula is C13H19BrN2O2S. The van der Waals surface area contributed by atoms with E-state index in [4.69, 9.17) is 0 Å². The summed E-state index contributed by atoms with van der Waals surface area (Å²) >= 11 is 3.28. The summed E-state index contributed by atoms with van der Waals surface area (Å²) in [5.74, 6) is 0. The maximum atomic E-state index is 12.7. The Morgan fingerprint density at radius 3 is 2.58 bits per heavy atom. The van der Waals surface area contributed by atoms with Gasteiger partial charge in [-0.1, -0.05) is 26.2 Å². The molecule has 2 rings (SSSR count). The van der Waals surface area contributed by atoms with Crippen molar-refractivity contribution in [3.05, 3.63) is 22.9 Å². The Morgan fingerprint density at radius 2 is 2.00 bits per heavy atom. The van der Waals surface area contributed by atoms with Crippen molar-refractivity contribution in [1.29, 1.82) is 0 Å². The lowest BCUT2D eigenvalue weighted by molar-refractivity contribution is 0.261. The molecule has 1 aromatic rings. The van der Waals surface area contributed by atoms with E-state index in [1.54, 1.807) is 16.6 Å². The average molecular weight is 347 g/mol. The fraction of sp³-hybridized carbons (Fsp3) is 0.615. The lowest BCUT2D eigenvalue weighted by atomic mass is 9.95. The predicted octanol–water partition coefficient (Wildman–Crippen LogP) is 3.19. The van der Waals surface area contributed by atoms with Gasteiger partial charge in [-0.05, 0) is 34.8 Å². The molecule has 6 heteroatoms. The highest BCUT2D eigenvalue weighted by atomic mass is 79.9. The average Bonchev–Trinajstić information content (AvgIpc) is 2.40. The van der Waals surface area contributed by atoms with Crippen molar-refractivity contribution in [2.24, 2.45) is 0 Å². The van der Waals surface area contributed by atoms with Crippen molar-refractivity contribution in [2.75, 3.05) is 6.54 Å². The van der Waals surface area contributed by atoms with Gasteiger partial charge in [-0.2, -0.15) is 4.31 Å². The van der Waals surface area contributed by atoms with E-state index in [1.165, 1.54) is 12.6 Å². The van der Waals surface area contributed by atoms with Gasteiger partial charge >= 0.3 is 0 Å². The van der Waals surface area contributed by atoms with Crippen LogP contribution in [0.3, 0.4) is 0 Å². The van der Waals surface area contributed by atoms with Crippen molar-refractivity contribution in [3.8, 4) is 0 Å². The monoisotopic (exact) mass is 346 g/mol. The first-order valence-corrected chi connectivity index (χ1v) is 8.91. The lowest BCUT2D eigenvalue weighted by Gasteiger charge is -2.32. The van der Waals surface area contributed by atoms with Crippen LogP contribution in [0.4, 0.5) is 0 Å². The van der Waals surface area contributed by atoms with E-state index in [-0.39, 0.29) is 10.9 Å². The SMILES string of the molecule is CCN(C1CCCCC1)S(=O)(=O)c1cncc(Br)c1. The van der Waals surface area contributed by atoms with Crippen LogP contribution in [-0.2, 0) is 10.0 Å². The summed E-state index contributed by atoms with van der Waals surface area (Å²) < 4.78 is 27.7. The van der Waals surface area contributed by atoms with E-state index in [2.05, 4.69) is 20.9 Å². The van der Waals surface area contributed by atoms with Gasteiger partial charge in [0.15, 0.2) is 0 Å².